The van der Waals surface area contributed by atoms with E-state index >= 15 is 0 Å². The summed E-state index contributed by atoms with van der Waals surface area (Å²) in [5.74, 6) is -1.04. The van der Waals surface area contributed by atoms with Crippen molar-refractivity contribution in [2.75, 3.05) is 37.3 Å². The number of fused-ring (bicyclic) bond motifs is 1. The molecule has 3 aliphatic rings. The number of amides is 2. The van der Waals surface area contributed by atoms with Gasteiger partial charge in [0, 0.05) is 30.2 Å². The van der Waals surface area contributed by atoms with E-state index in [9.17, 15) is 14.0 Å². The number of nitrogen functional groups attached to an aromatic ring is 1. The summed E-state index contributed by atoms with van der Waals surface area (Å²) in [7, 11) is 2.24. The molecule has 4 aromatic rings. The lowest BCUT2D eigenvalue weighted by atomic mass is 9.78. The molecule has 0 unspecified atom stereocenters. The van der Waals surface area contributed by atoms with Gasteiger partial charge in [0.25, 0.3) is 11.8 Å². The lowest BCUT2D eigenvalue weighted by Gasteiger charge is -2.42. The standard InChI is InChI=1S/C33H40FN9O3S/c1-19-39-32(46-22-8-11-33(12-9-22)10-4-13-41(33)2)28(47-19)31(45)40-21-5-3-14-42(17-21)26-16-25(43-27(26)29(35)37-18-38-43)20-6-7-23(30(36)44)24(34)15-20/h6-7,15-16,18,21-22H,3-5,8-14,17H2,1-2H3,(H2,36,44)(H,40,45)(H2,35,37,38)/t21-,22?,33?/m1/s1. The number of piperidine rings is 1. The molecule has 2 aliphatic heterocycles. The van der Waals surface area contributed by atoms with E-state index in [0.717, 1.165) is 62.3 Å². The molecule has 3 aromatic heterocycles. The van der Waals surface area contributed by atoms with Gasteiger partial charge in [-0.25, -0.2) is 18.9 Å². The summed E-state index contributed by atoms with van der Waals surface area (Å²) in [5.41, 5.74) is 14.2. The molecule has 2 saturated heterocycles. The average Bonchev–Trinajstić information content (AvgIpc) is 3.73. The Morgan fingerprint density at radius 1 is 1.13 bits per heavy atom. The van der Waals surface area contributed by atoms with Crippen molar-refractivity contribution in [3.63, 3.8) is 0 Å². The SMILES string of the molecule is Cc1nc(OC2CCC3(CCCN3C)CC2)c(C(=O)N[C@@H]2CCCN(c3cc(-c4ccc(C(N)=O)c(F)c4)n4ncnc(N)c34)C2)s1. The maximum absolute atomic E-state index is 14.7. The van der Waals surface area contributed by atoms with Crippen molar-refractivity contribution in [3.8, 4) is 17.1 Å². The highest BCUT2D eigenvalue weighted by Crippen LogP contribution is 2.42. The first-order valence-electron chi connectivity index (χ1n) is 16.2. The molecule has 3 fully saturated rings. The maximum atomic E-state index is 14.7. The van der Waals surface area contributed by atoms with Gasteiger partial charge in [0.2, 0.25) is 5.88 Å². The number of hydrogen-bond acceptors (Lipinski definition) is 10. The van der Waals surface area contributed by atoms with Crippen LogP contribution < -0.4 is 26.4 Å². The van der Waals surface area contributed by atoms with Gasteiger partial charge in [-0.15, -0.1) is 11.3 Å². The van der Waals surface area contributed by atoms with Gasteiger partial charge in [0.05, 0.1) is 22.0 Å². The van der Waals surface area contributed by atoms with E-state index < -0.39 is 11.7 Å². The van der Waals surface area contributed by atoms with Crippen molar-refractivity contribution in [1.29, 1.82) is 0 Å². The fraction of sp³-hybridized carbons (Fsp3) is 0.485. The predicted molar refractivity (Wildman–Crippen MR) is 178 cm³/mol. The molecule has 2 amide bonds. The summed E-state index contributed by atoms with van der Waals surface area (Å²) in [6.45, 7) is 4.31. The van der Waals surface area contributed by atoms with Crippen LogP contribution in [0.25, 0.3) is 16.8 Å². The number of rotatable bonds is 7. The number of carbonyl (C=O) groups is 2. The van der Waals surface area contributed by atoms with Crippen molar-refractivity contribution in [1.82, 2.24) is 29.8 Å². The van der Waals surface area contributed by atoms with Crippen LogP contribution >= 0.6 is 11.3 Å². The Bertz CT molecular complexity index is 1830. The third kappa shape index (κ3) is 5.88. The number of ether oxygens (including phenoxy) is 1. The normalized spacial score (nSPS) is 23.4. The highest BCUT2D eigenvalue weighted by Gasteiger charge is 2.42. The topological polar surface area (TPSA) is 157 Å². The van der Waals surface area contributed by atoms with Gasteiger partial charge in [0.1, 0.15) is 23.8 Å². The van der Waals surface area contributed by atoms with Crippen LogP contribution in [0.2, 0.25) is 0 Å². The molecule has 1 saturated carbocycles. The number of carbonyl (C=O) groups excluding carboxylic acids is 2. The van der Waals surface area contributed by atoms with Crippen LogP contribution in [0, 0.1) is 12.7 Å². The Morgan fingerprint density at radius 2 is 1.94 bits per heavy atom. The zero-order valence-corrected chi connectivity index (χ0v) is 27.5. The quantitative estimate of drug-likeness (QED) is 0.265. The summed E-state index contributed by atoms with van der Waals surface area (Å²) in [4.78, 5) is 39.3. The maximum Gasteiger partial charge on any atom is 0.267 e. The van der Waals surface area contributed by atoms with Crippen molar-refractivity contribution in [2.45, 2.75) is 76.0 Å². The van der Waals surface area contributed by atoms with E-state index in [4.69, 9.17) is 16.2 Å². The minimum atomic E-state index is -0.839. The van der Waals surface area contributed by atoms with Gasteiger partial charge in [-0.05, 0) is 90.1 Å². The molecule has 1 aliphatic carbocycles. The molecule has 12 nitrogen and oxygen atoms in total. The zero-order valence-electron chi connectivity index (χ0n) is 26.7. The molecular weight excluding hydrogens is 621 g/mol. The first kappa shape index (κ1) is 31.3. The number of likely N-dealkylation sites (tertiary alicyclic amines) is 1. The second-order valence-electron chi connectivity index (χ2n) is 13.1. The second-order valence-corrected chi connectivity index (χ2v) is 14.3. The summed E-state index contributed by atoms with van der Waals surface area (Å²) < 4.78 is 22.8. The molecule has 5 heterocycles. The molecule has 248 valence electrons. The van der Waals surface area contributed by atoms with Gasteiger partial charge >= 0.3 is 0 Å². The van der Waals surface area contributed by atoms with Crippen molar-refractivity contribution < 1.29 is 18.7 Å². The van der Waals surface area contributed by atoms with E-state index in [-0.39, 0.29) is 29.4 Å². The lowest BCUT2D eigenvalue weighted by Crippen LogP contribution is -2.48. The zero-order chi connectivity index (χ0) is 32.9. The number of benzene rings is 1. The van der Waals surface area contributed by atoms with Gasteiger partial charge in [-0.1, -0.05) is 6.07 Å². The minimum absolute atomic E-state index is 0.0540. The van der Waals surface area contributed by atoms with Crippen molar-refractivity contribution >= 4 is 40.2 Å². The molecule has 7 rings (SSSR count). The van der Waals surface area contributed by atoms with Crippen LogP contribution in [-0.4, -0.2) is 80.7 Å². The van der Waals surface area contributed by atoms with Gasteiger partial charge in [-0.2, -0.15) is 5.10 Å². The summed E-state index contributed by atoms with van der Waals surface area (Å²) in [6, 6.07) is 6.00. The molecule has 5 N–H and O–H groups in total. The highest BCUT2D eigenvalue weighted by molar-refractivity contribution is 7.13. The van der Waals surface area contributed by atoms with Crippen LogP contribution in [-0.2, 0) is 0 Å². The van der Waals surface area contributed by atoms with Crippen molar-refractivity contribution in [3.05, 3.63) is 51.9 Å². The van der Waals surface area contributed by atoms with Gasteiger partial charge < -0.3 is 31.3 Å². The Labute approximate surface area is 276 Å². The van der Waals surface area contributed by atoms with Crippen LogP contribution in [0.3, 0.4) is 0 Å². The number of nitrogens with two attached hydrogens (primary N) is 2. The number of hydrogen-bond donors (Lipinski definition) is 3. The highest BCUT2D eigenvalue weighted by atomic mass is 32.1. The third-order valence-electron chi connectivity index (χ3n) is 10.2. The molecule has 1 atom stereocenters. The van der Waals surface area contributed by atoms with Crippen LogP contribution in [0.4, 0.5) is 15.9 Å². The van der Waals surface area contributed by atoms with Gasteiger partial charge in [-0.3, -0.25) is 9.59 Å². The molecule has 47 heavy (non-hydrogen) atoms. The lowest BCUT2D eigenvalue weighted by molar-refractivity contribution is 0.0534. The Kier molecular flexibility index (Phi) is 8.25. The second kappa shape index (κ2) is 12.4. The van der Waals surface area contributed by atoms with Crippen LogP contribution in [0.1, 0.15) is 76.4 Å². The number of thiazole rings is 1. The van der Waals surface area contributed by atoms with Crippen LogP contribution in [0.5, 0.6) is 5.88 Å². The van der Waals surface area contributed by atoms with E-state index in [1.807, 2.05) is 13.0 Å². The number of halogens is 1. The molecule has 1 spiro atoms. The van der Waals surface area contributed by atoms with E-state index in [1.54, 1.807) is 10.6 Å². The molecule has 0 bridgehead atoms. The summed E-state index contributed by atoms with van der Waals surface area (Å²) in [5, 5.41) is 8.44. The smallest absolute Gasteiger partial charge is 0.267 e. The summed E-state index contributed by atoms with van der Waals surface area (Å²) >= 11 is 1.36. The molecule has 14 heteroatoms. The molecule has 0 radical (unpaired) electrons. The number of nitrogens with one attached hydrogen (secondary N) is 1. The number of anilines is 2. The average molecular weight is 662 g/mol. The Morgan fingerprint density at radius 3 is 2.66 bits per heavy atom. The van der Waals surface area contributed by atoms with Crippen molar-refractivity contribution in [2.24, 2.45) is 5.73 Å². The fourth-order valence-electron chi connectivity index (χ4n) is 7.67. The Hall–Kier alpha value is -4.30. The van der Waals surface area contributed by atoms with Gasteiger partial charge in [0.15, 0.2) is 10.7 Å². The number of nitrogens with zero attached hydrogens (tertiary/aromatic N) is 6. The fourth-order valence-corrected chi connectivity index (χ4v) is 8.43. The predicted octanol–water partition coefficient (Wildman–Crippen LogP) is 4.17. The van der Waals surface area contributed by atoms with E-state index in [2.05, 4.69) is 37.2 Å². The summed E-state index contributed by atoms with van der Waals surface area (Å²) in [6.07, 6.45) is 9.68. The first-order valence-corrected chi connectivity index (χ1v) is 17.1. The van der Waals surface area contributed by atoms with Crippen LogP contribution in [0.15, 0.2) is 30.6 Å². The largest absolute Gasteiger partial charge is 0.473 e. The number of aromatic nitrogens is 4. The third-order valence-corrected chi connectivity index (χ3v) is 11.1. The number of aryl methyl sites for hydroxylation is 1. The van der Waals surface area contributed by atoms with E-state index in [0.29, 0.717) is 39.6 Å². The molecular formula is C33H40FN9O3S. The molecule has 1 aromatic carbocycles. The van der Waals surface area contributed by atoms with E-state index in [1.165, 1.54) is 42.6 Å². The monoisotopic (exact) mass is 661 g/mol. The minimum Gasteiger partial charge on any atom is -0.473 e. The Balaban J connectivity index is 1.07. The number of primary amides is 1. The first-order chi connectivity index (χ1) is 22.6.